The zero-order valence-electron chi connectivity index (χ0n) is 21.7. The van der Waals surface area contributed by atoms with Crippen LogP contribution in [0.1, 0.15) is 77.6 Å². The molecule has 1 saturated heterocycles. The summed E-state index contributed by atoms with van der Waals surface area (Å²) in [5, 5.41) is 6.59. The number of fused-ring (bicyclic) bond motifs is 1. The van der Waals surface area contributed by atoms with Gasteiger partial charge >= 0.3 is 5.97 Å². The number of hydrogen-bond acceptors (Lipinski definition) is 6. The van der Waals surface area contributed by atoms with Crippen molar-refractivity contribution < 1.29 is 19.1 Å². The molecule has 7 nitrogen and oxygen atoms in total. The van der Waals surface area contributed by atoms with Gasteiger partial charge < -0.3 is 15.4 Å². The molecular formula is C28H37N3O4S. The van der Waals surface area contributed by atoms with Crippen LogP contribution >= 0.6 is 11.3 Å². The standard InChI is InChI=1S/C28H37N3O4S/c1-28(2,3)18-12-13-20-22(16-18)36-26(30-23(32)17-31-14-8-5-9-15-31)24(20)25(33)29-21-11-7-6-10-19(21)27(34)35-4/h6-7,10-11,18H,5,8-9,12-17H2,1-4H3,(H,29,33)(H,30,32). The van der Waals surface area contributed by atoms with E-state index in [1.54, 1.807) is 24.3 Å². The molecule has 1 aromatic carbocycles. The van der Waals surface area contributed by atoms with Gasteiger partial charge in [0.15, 0.2) is 0 Å². The first-order valence-corrected chi connectivity index (χ1v) is 13.6. The molecule has 0 spiro atoms. The summed E-state index contributed by atoms with van der Waals surface area (Å²) < 4.78 is 4.88. The Labute approximate surface area is 217 Å². The molecule has 2 N–H and O–H groups in total. The third-order valence-electron chi connectivity index (χ3n) is 7.37. The summed E-state index contributed by atoms with van der Waals surface area (Å²) in [5.41, 5.74) is 2.39. The minimum Gasteiger partial charge on any atom is -0.465 e. The van der Waals surface area contributed by atoms with Gasteiger partial charge in [-0.05, 0) is 74.2 Å². The summed E-state index contributed by atoms with van der Waals surface area (Å²) in [4.78, 5) is 42.2. The van der Waals surface area contributed by atoms with Gasteiger partial charge in [-0.3, -0.25) is 14.5 Å². The normalized spacial score (nSPS) is 18.3. The van der Waals surface area contributed by atoms with Crippen LogP contribution in [-0.4, -0.2) is 49.4 Å². The number of rotatable bonds is 6. The third-order valence-corrected chi connectivity index (χ3v) is 8.54. The highest BCUT2D eigenvalue weighted by molar-refractivity contribution is 7.17. The molecule has 2 amide bonds. The average molecular weight is 512 g/mol. The second-order valence-corrected chi connectivity index (χ2v) is 12.0. The molecule has 1 unspecified atom stereocenters. The number of para-hydroxylation sites is 1. The topological polar surface area (TPSA) is 87.7 Å². The maximum atomic E-state index is 13.7. The van der Waals surface area contributed by atoms with Gasteiger partial charge in [-0.25, -0.2) is 4.79 Å². The molecule has 1 fully saturated rings. The van der Waals surface area contributed by atoms with Crippen molar-refractivity contribution in [2.75, 3.05) is 37.4 Å². The number of esters is 1. The minimum absolute atomic E-state index is 0.0909. The quantitative estimate of drug-likeness (QED) is 0.510. The van der Waals surface area contributed by atoms with Gasteiger partial charge in [0.1, 0.15) is 5.00 Å². The van der Waals surface area contributed by atoms with Gasteiger partial charge in [0.25, 0.3) is 5.91 Å². The van der Waals surface area contributed by atoms with Crippen molar-refractivity contribution in [3.05, 3.63) is 45.8 Å². The van der Waals surface area contributed by atoms with Gasteiger partial charge in [-0.15, -0.1) is 11.3 Å². The molecule has 8 heteroatoms. The van der Waals surface area contributed by atoms with Crippen molar-refractivity contribution in [3.8, 4) is 0 Å². The van der Waals surface area contributed by atoms with Crippen molar-refractivity contribution in [2.45, 2.75) is 59.3 Å². The molecule has 194 valence electrons. The van der Waals surface area contributed by atoms with E-state index in [0.717, 1.165) is 50.8 Å². The second-order valence-electron chi connectivity index (χ2n) is 10.9. The van der Waals surface area contributed by atoms with Crippen molar-refractivity contribution in [1.82, 2.24) is 4.90 Å². The van der Waals surface area contributed by atoms with Gasteiger partial charge in [-0.2, -0.15) is 0 Å². The number of thiophene rings is 1. The largest absolute Gasteiger partial charge is 0.465 e. The number of carbonyl (C=O) groups excluding carboxylic acids is 3. The van der Waals surface area contributed by atoms with Crippen LogP contribution in [0.4, 0.5) is 10.7 Å². The van der Waals surface area contributed by atoms with E-state index < -0.39 is 5.97 Å². The van der Waals surface area contributed by atoms with Gasteiger partial charge in [-0.1, -0.05) is 39.3 Å². The molecule has 2 heterocycles. The summed E-state index contributed by atoms with van der Waals surface area (Å²) in [6.45, 7) is 8.97. The van der Waals surface area contributed by atoms with E-state index >= 15 is 0 Å². The van der Waals surface area contributed by atoms with Gasteiger partial charge in [0.05, 0.1) is 30.5 Å². The van der Waals surface area contributed by atoms with E-state index in [0.29, 0.717) is 34.3 Å². The van der Waals surface area contributed by atoms with Crippen LogP contribution < -0.4 is 10.6 Å². The maximum Gasteiger partial charge on any atom is 0.339 e. The number of ether oxygens (including phenoxy) is 1. The lowest BCUT2D eigenvalue weighted by molar-refractivity contribution is -0.117. The molecule has 1 aliphatic carbocycles. The SMILES string of the molecule is COC(=O)c1ccccc1NC(=O)c1c(NC(=O)CN2CCCCC2)sc2c1CCC(C(C)(C)C)C2. The van der Waals surface area contributed by atoms with E-state index in [9.17, 15) is 14.4 Å². The van der Waals surface area contributed by atoms with Crippen LogP contribution in [0.25, 0.3) is 0 Å². The number of nitrogens with zero attached hydrogens (tertiary/aromatic N) is 1. The monoisotopic (exact) mass is 511 g/mol. The lowest BCUT2D eigenvalue weighted by Crippen LogP contribution is -2.37. The van der Waals surface area contributed by atoms with Gasteiger partial charge in [0, 0.05) is 4.88 Å². The lowest BCUT2D eigenvalue weighted by atomic mass is 9.72. The lowest BCUT2D eigenvalue weighted by Gasteiger charge is -2.33. The molecule has 4 rings (SSSR count). The summed E-state index contributed by atoms with van der Waals surface area (Å²) in [6, 6.07) is 6.81. The van der Waals surface area contributed by atoms with Crippen LogP contribution in [0.3, 0.4) is 0 Å². The highest BCUT2D eigenvalue weighted by Gasteiger charge is 2.34. The van der Waals surface area contributed by atoms with Crippen molar-refractivity contribution in [2.24, 2.45) is 11.3 Å². The summed E-state index contributed by atoms with van der Waals surface area (Å²) >= 11 is 1.52. The number of piperidine rings is 1. The molecule has 2 aliphatic rings. The first-order chi connectivity index (χ1) is 17.2. The van der Waals surface area contributed by atoms with E-state index in [4.69, 9.17) is 4.74 Å². The number of nitrogens with one attached hydrogen (secondary N) is 2. The Morgan fingerprint density at radius 1 is 1.08 bits per heavy atom. The number of anilines is 2. The van der Waals surface area contributed by atoms with Crippen molar-refractivity contribution in [1.29, 1.82) is 0 Å². The molecular weight excluding hydrogens is 474 g/mol. The predicted molar refractivity (Wildman–Crippen MR) is 144 cm³/mol. The number of carbonyl (C=O) groups is 3. The van der Waals surface area contributed by atoms with Gasteiger partial charge in [0.2, 0.25) is 5.91 Å². The van der Waals surface area contributed by atoms with Crippen molar-refractivity contribution in [3.63, 3.8) is 0 Å². The Morgan fingerprint density at radius 2 is 1.81 bits per heavy atom. The minimum atomic E-state index is -0.513. The smallest absolute Gasteiger partial charge is 0.339 e. The Hall–Kier alpha value is -2.71. The Bertz CT molecular complexity index is 1130. The zero-order valence-corrected chi connectivity index (χ0v) is 22.6. The Kier molecular flexibility index (Phi) is 8.15. The number of methoxy groups -OCH3 is 1. The summed E-state index contributed by atoms with van der Waals surface area (Å²) in [5.74, 6) is -0.406. The number of likely N-dealkylation sites (tertiary alicyclic amines) is 1. The summed E-state index contributed by atoms with van der Waals surface area (Å²) in [6.07, 6.45) is 6.11. The molecule has 1 atom stereocenters. The number of benzene rings is 1. The summed E-state index contributed by atoms with van der Waals surface area (Å²) in [7, 11) is 1.32. The van der Waals surface area contributed by atoms with E-state index in [2.05, 4.69) is 36.3 Å². The fraction of sp³-hybridized carbons (Fsp3) is 0.536. The number of hydrogen-bond donors (Lipinski definition) is 2. The Balaban J connectivity index is 1.62. The third kappa shape index (κ3) is 5.98. The second kappa shape index (κ2) is 11.1. The van der Waals surface area contributed by atoms with Crippen molar-refractivity contribution >= 4 is 39.8 Å². The molecule has 36 heavy (non-hydrogen) atoms. The van der Waals surface area contributed by atoms with Crippen LogP contribution in [0.2, 0.25) is 0 Å². The Morgan fingerprint density at radius 3 is 2.50 bits per heavy atom. The van der Waals surface area contributed by atoms with E-state index in [1.807, 2.05) is 0 Å². The van der Waals surface area contributed by atoms with Crippen LogP contribution in [-0.2, 0) is 22.4 Å². The molecule has 0 saturated carbocycles. The first kappa shape index (κ1) is 26.4. The predicted octanol–water partition coefficient (Wildman–Crippen LogP) is 5.36. The zero-order chi connectivity index (χ0) is 25.9. The fourth-order valence-electron chi connectivity index (χ4n) is 5.21. The van der Waals surface area contributed by atoms with E-state index in [-0.39, 0.29) is 17.2 Å². The average Bonchev–Trinajstić information content (AvgIpc) is 3.20. The highest BCUT2D eigenvalue weighted by atomic mass is 32.1. The van der Waals surface area contributed by atoms with E-state index in [1.165, 1.54) is 29.7 Å². The fourth-order valence-corrected chi connectivity index (χ4v) is 6.55. The number of amides is 2. The van der Waals surface area contributed by atoms with Crippen LogP contribution in [0.15, 0.2) is 24.3 Å². The first-order valence-electron chi connectivity index (χ1n) is 12.8. The molecule has 0 radical (unpaired) electrons. The molecule has 0 bridgehead atoms. The maximum absolute atomic E-state index is 13.7. The molecule has 1 aliphatic heterocycles. The molecule has 1 aromatic heterocycles. The molecule has 2 aromatic rings. The van der Waals surface area contributed by atoms with Crippen LogP contribution in [0.5, 0.6) is 0 Å². The highest BCUT2D eigenvalue weighted by Crippen LogP contribution is 2.44. The van der Waals surface area contributed by atoms with Crippen LogP contribution in [0, 0.1) is 11.3 Å².